The van der Waals surface area contributed by atoms with Crippen LogP contribution in [-0.2, 0) is 0 Å². The van der Waals surface area contributed by atoms with Gasteiger partial charge in [0.15, 0.2) is 0 Å². The molecule has 106 valence electrons. The molecule has 0 radical (unpaired) electrons. The number of carbonyl (C=O) groups excluding carboxylic acids is 1. The van der Waals surface area contributed by atoms with E-state index in [1.807, 2.05) is 43.9 Å². The van der Waals surface area contributed by atoms with Crippen molar-refractivity contribution in [3.63, 3.8) is 0 Å². The lowest BCUT2D eigenvalue weighted by Gasteiger charge is -2.17. The highest BCUT2D eigenvalue weighted by Crippen LogP contribution is 2.29. The summed E-state index contributed by atoms with van der Waals surface area (Å²) < 4.78 is 1.13. The molecular weight excluding hydrogens is 268 g/mol. The van der Waals surface area contributed by atoms with Crippen LogP contribution in [0, 0.1) is 0 Å². The Bertz CT molecular complexity index is 641. The molecule has 0 atom stereocenters. The summed E-state index contributed by atoms with van der Waals surface area (Å²) in [5, 5.41) is 4.29. The molecule has 0 aliphatic heterocycles. The summed E-state index contributed by atoms with van der Waals surface area (Å²) in [5.41, 5.74) is 1.91. The molecule has 0 saturated carbocycles. The smallest absolute Gasteiger partial charge is 0.263 e. The fraction of sp³-hybridized carbons (Fsp3) is 0.312. The van der Waals surface area contributed by atoms with E-state index in [1.165, 1.54) is 0 Å². The fourth-order valence-corrected chi connectivity index (χ4v) is 3.15. The van der Waals surface area contributed by atoms with Crippen molar-refractivity contribution in [2.24, 2.45) is 0 Å². The number of amides is 1. The lowest BCUT2D eigenvalue weighted by atomic mass is 10.2. The molecule has 3 nitrogen and oxygen atoms in total. The Morgan fingerprint density at radius 2 is 2.00 bits per heavy atom. The lowest BCUT2D eigenvalue weighted by molar-refractivity contribution is 0.0778. The van der Waals surface area contributed by atoms with E-state index >= 15 is 0 Å². The molecule has 0 saturated heterocycles. The van der Waals surface area contributed by atoms with E-state index in [0.29, 0.717) is 0 Å². The normalized spacial score (nSPS) is 10.6. The third-order valence-electron chi connectivity index (χ3n) is 3.14. The summed E-state index contributed by atoms with van der Waals surface area (Å²) in [6.07, 6.45) is 0. The molecule has 0 unspecified atom stereocenters. The second kappa shape index (κ2) is 6.09. The molecule has 0 fully saturated rings. The molecule has 20 heavy (non-hydrogen) atoms. The second-order valence-corrected chi connectivity index (χ2v) is 5.83. The highest BCUT2D eigenvalue weighted by Gasteiger charge is 2.15. The van der Waals surface area contributed by atoms with Gasteiger partial charge in [0.25, 0.3) is 5.91 Å². The topological polar surface area (TPSA) is 32.3 Å². The standard InChI is InChI=1S/C16H20N2OS/c1-5-18(6-2)16(19)15-10-12-9-13(17-11(3)4)7-8-14(12)20-15/h7-10,17H,3,5-6H2,1-2,4H3. The zero-order valence-electron chi connectivity index (χ0n) is 12.2. The van der Waals surface area contributed by atoms with E-state index in [2.05, 4.69) is 18.0 Å². The molecule has 2 rings (SSSR count). The number of carbonyl (C=O) groups is 1. The van der Waals surface area contributed by atoms with Crippen LogP contribution in [0.1, 0.15) is 30.4 Å². The first-order valence-electron chi connectivity index (χ1n) is 6.80. The summed E-state index contributed by atoms with van der Waals surface area (Å²) in [7, 11) is 0. The fourth-order valence-electron chi connectivity index (χ4n) is 2.14. The van der Waals surface area contributed by atoms with Crippen LogP contribution in [0.25, 0.3) is 10.1 Å². The Kier molecular flexibility index (Phi) is 4.45. The highest BCUT2D eigenvalue weighted by atomic mass is 32.1. The molecular formula is C16H20N2OS. The zero-order valence-corrected chi connectivity index (χ0v) is 13.0. The highest BCUT2D eigenvalue weighted by molar-refractivity contribution is 7.20. The van der Waals surface area contributed by atoms with Crippen molar-refractivity contribution >= 4 is 33.0 Å². The zero-order chi connectivity index (χ0) is 14.7. The maximum atomic E-state index is 12.3. The monoisotopic (exact) mass is 288 g/mol. The molecule has 4 heteroatoms. The molecule has 1 aromatic carbocycles. The second-order valence-electron chi connectivity index (χ2n) is 4.75. The maximum absolute atomic E-state index is 12.3. The van der Waals surface area contributed by atoms with Crippen molar-refractivity contribution in [2.45, 2.75) is 20.8 Å². The molecule has 0 aliphatic rings. The summed E-state index contributed by atoms with van der Waals surface area (Å²) in [6.45, 7) is 11.3. The van der Waals surface area contributed by atoms with Crippen molar-refractivity contribution in [3.05, 3.63) is 41.4 Å². The first-order chi connectivity index (χ1) is 9.55. The van der Waals surface area contributed by atoms with Gasteiger partial charge in [-0.2, -0.15) is 0 Å². The number of rotatable bonds is 5. The van der Waals surface area contributed by atoms with Gasteiger partial charge in [-0.05, 0) is 50.4 Å². The first-order valence-corrected chi connectivity index (χ1v) is 7.62. The van der Waals surface area contributed by atoms with Crippen LogP contribution < -0.4 is 5.32 Å². The Balaban J connectivity index is 2.33. The van der Waals surface area contributed by atoms with Crippen LogP contribution in [0.4, 0.5) is 5.69 Å². The average molecular weight is 288 g/mol. The van der Waals surface area contributed by atoms with Crippen molar-refractivity contribution in [1.82, 2.24) is 4.90 Å². The number of hydrogen-bond donors (Lipinski definition) is 1. The number of thiophene rings is 1. The molecule has 2 aromatic rings. The maximum Gasteiger partial charge on any atom is 0.263 e. The number of benzene rings is 1. The summed E-state index contributed by atoms with van der Waals surface area (Å²) in [4.78, 5) is 15.0. The molecule has 1 heterocycles. The van der Waals surface area contributed by atoms with Crippen LogP contribution in [0.2, 0.25) is 0 Å². The molecule has 1 amide bonds. The Hall–Kier alpha value is -1.81. The van der Waals surface area contributed by atoms with Gasteiger partial charge in [-0.1, -0.05) is 6.58 Å². The van der Waals surface area contributed by atoms with Gasteiger partial charge in [0.1, 0.15) is 0 Å². The van der Waals surface area contributed by atoms with Gasteiger partial charge >= 0.3 is 0 Å². The van der Waals surface area contributed by atoms with Crippen LogP contribution in [0.5, 0.6) is 0 Å². The SMILES string of the molecule is C=C(C)Nc1ccc2sc(C(=O)N(CC)CC)cc2c1. The third-order valence-corrected chi connectivity index (χ3v) is 4.24. The van der Waals surface area contributed by atoms with Gasteiger partial charge < -0.3 is 10.2 Å². The predicted molar refractivity (Wildman–Crippen MR) is 87.5 cm³/mol. The van der Waals surface area contributed by atoms with Gasteiger partial charge in [-0.15, -0.1) is 11.3 Å². The number of hydrogen-bond acceptors (Lipinski definition) is 3. The van der Waals surface area contributed by atoms with Crippen molar-refractivity contribution in [2.75, 3.05) is 18.4 Å². The van der Waals surface area contributed by atoms with Crippen molar-refractivity contribution < 1.29 is 4.79 Å². The van der Waals surface area contributed by atoms with Gasteiger partial charge in [-0.3, -0.25) is 4.79 Å². The summed E-state index contributed by atoms with van der Waals surface area (Å²) in [6, 6.07) is 8.09. The molecule has 1 N–H and O–H groups in total. The Morgan fingerprint density at radius 1 is 1.30 bits per heavy atom. The van der Waals surface area contributed by atoms with Gasteiger partial charge in [0, 0.05) is 29.2 Å². The third kappa shape index (κ3) is 3.02. The first kappa shape index (κ1) is 14.6. The number of nitrogens with one attached hydrogen (secondary N) is 1. The minimum Gasteiger partial charge on any atom is -0.360 e. The molecule has 0 aliphatic carbocycles. The summed E-state index contributed by atoms with van der Waals surface area (Å²) in [5.74, 6) is 0.116. The van der Waals surface area contributed by atoms with Crippen LogP contribution >= 0.6 is 11.3 Å². The van der Waals surface area contributed by atoms with E-state index in [4.69, 9.17) is 0 Å². The molecule has 0 spiro atoms. The molecule has 1 aromatic heterocycles. The lowest BCUT2D eigenvalue weighted by Crippen LogP contribution is -2.29. The van der Waals surface area contributed by atoms with Crippen LogP contribution in [0.15, 0.2) is 36.5 Å². The minimum atomic E-state index is 0.116. The van der Waals surface area contributed by atoms with Crippen LogP contribution in [0.3, 0.4) is 0 Å². The van der Waals surface area contributed by atoms with E-state index < -0.39 is 0 Å². The van der Waals surface area contributed by atoms with Crippen molar-refractivity contribution in [1.29, 1.82) is 0 Å². The van der Waals surface area contributed by atoms with Gasteiger partial charge in [-0.25, -0.2) is 0 Å². The van der Waals surface area contributed by atoms with Crippen molar-refractivity contribution in [3.8, 4) is 0 Å². The number of nitrogens with zero attached hydrogens (tertiary/aromatic N) is 1. The molecule has 0 bridgehead atoms. The predicted octanol–water partition coefficient (Wildman–Crippen LogP) is 4.33. The van der Waals surface area contributed by atoms with Gasteiger partial charge in [0.05, 0.1) is 4.88 Å². The number of anilines is 1. The Labute approximate surface area is 123 Å². The van der Waals surface area contributed by atoms with E-state index in [1.54, 1.807) is 11.3 Å². The quantitative estimate of drug-likeness (QED) is 0.888. The number of fused-ring (bicyclic) bond motifs is 1. The number of allylic oxidation sites excluding steroid dienone is 1. The minimum absolute atomic E-state index is 0.116. The van der Waals surface area contributed by atoms with E-state index in [0.717, 1.165) is 39.4 Å². The van der Waals surface area contributed by atoms with E-state index in [-0.39, 0.29) is 5.91 Å². The average Bonchev–Trinajstić information content (AvgIpc) is 2.82. The van der Waals surface area contributed by atoms with Crippen LogP contribution in [-0.4, -0.2) is 23.9 Å². The van der Waals surface area contributed by atoms with E-state index in [9.17, 15) is 4.79 Å². The largest absolute Gasteiger partial charge is 0.360 e. The van der Waals surface area contributed by atoms with Gasteiger partial charge in [0.2, 0.25) is 0 Å². The Morgan fingerprint density at radius 3 is 2.60 bits per heavy atom. The summed E-state index contributed by atoms with van der Waals surface area (Å²) >= 11 is 1.55.